The van der Waals surface area contributed by atoms with Gasteiger partial charge in [0.25, 0.3) is 0 Å². The molecule has 0 atom stereocenters. The molecule has 0 fully saturated rings. The van der Waals surface area contributed by atoms with E-state index in [4.69, 9.17) is 4.74 Å². The second-order valence-corrected chi connectivity index (χ2v) is 6.52. The van der Waals surface area contributed by atoms with Crippen LogP contribution in [0.5, 0.6) is 5.75 Å². The highest BCUT2D eigenvalue weighted by Crippen LogP contribution is 2.17. The smallest absolute Gasteiger partial charge is 0.319 e. The summed E-state index contributed by atoms with van der Waals surface area (Å²) in [5, 5.41) is 21.5. The van der Waals surface area contributed by atoms with Crippen molar-refractivity contribution in [1.82, 2.24) is 25.3 Å². The molecule has 0 bridgehead atoms. The lowest BCUT2D eigenvalue weighted by Crippen LogP contribution is -2.32. The van der Waals surface area contributed by atoms with Gasteiger partial charge in [-0.05, 0) is 50.6 Å². The molecular weight excluding hydrogens is 370 g/mol. The van der Waals surface area contributed by atoms with Crippen LogP contribution >= 0.6 is 0 Å². The highest BCUT2D eigenvalue weighted by atomic mass is 16.5. The van der Waals surface area contributed by atoms with E-state index >= 15 is 0 Å². The summed E-state index contributed by atoms with van der Waals surface area (Å²) in [6, 6.07) is 10.6. The topological polar surface area (TPSA) is 106 Å². The molecule has 0 spiro atoms. The molecule has 9 nitrogen and oxygen atoms in total. The Labute approximate surface area is 169 Å². The first-order valence-electron chi connectivity index (χ1n) is 9.27. The summed E-state index contributed by atoms with van der Waals surface area (Å²) in [4.78, 5) is 12.0. The Bertz CT molecular complexity index is 983. The maximum absolute atomic E-state index is 12.0. The molecule has 2 aromatic heterocycles. The van der Waals surface area contributed by atoms with Crippen molar-refractivity contribution in [2.24, 2.45) is 0 Å². The molecule has 0 saturated carbocycles. The number of amides is 2. The van der Waals surface area contributed by atoms with Gasteiger partial charge >= 0.3 is 6.03 Å². The largest absolute Gasteiger partial charge is 0.497 e. The number of anilines is 2. The molecular formula is C20H25N7O2. The number of urea groups is 1. The normalized spacial score (nSPS) is 10.5. The maximum atomic E-state index is 12.0. The van der Waals surface area contributed by atoms with E-state index in [0.717, 1.165) is 17.0 Å². The van der Waals surface area contributed by atoms with Gasteiger partial charge in [-0.15, -0.1) is 10.2 Å². The first-order chi connectivity index (χ1) is 14.0. The lowest BCUT2D eigenvalue weighted by molar-refractivity contribution is 0.252. The minimum atomic E-state index is -0.290. The molecule has 9 heteroatoms. The minimum absolute atomic E-state index is 0.290. The summed E-state index contributed by atoms with van der Waals surface area (Å²) in [7, 11) is 1.58. The van der Waals surface area contributed by atoms with Gasteiger partial charge in [0.1, 0.15) is 11.6 Å². The molecule has 2 amide bonds. The van der Waals surface area contributed by atoms with Crippen molar-refractivity contribution in [2.45, 2.75) is 20.8 Å². The molecule has 3 aromatic rings. The Morgan fingerprint density at radius 2 is 1.93 bits per heavy atom. The third-order valence-electron chi connectivity index (χ3n) is 4.56. The van der Waals surface area contributed by atoms with Crippen LogP contribution in [0.2, 0.25) is 0 Å². The number of ether oxygens (including phenoxy) is 1. The van der Waals surface area contributed by atoms with Gasteiger partial charge in [0, 0.05) is 30.5 Å². The van der Waals surface area contributed by atoms with Gasteiger partial charge in [-0.25, -0.2) is 9.48 Å². The third kappa shape index (κ3) is 5.01. The van der Waals surface area contributed by atoms with Gasteiger partial charge in [0.05, 0.1) is 12.8 Å². The molecule has 0 aliphatic carbocycles. The van der Waals surface area contributed by atoms with Gasteiger partial charge in [0.15, 0.2) is 5.82 Å². The molecule has 2 heterocycles. The number of hydrogen-bond acceptors (Lipinski definition) is 6. The van der Waals surface area contributed by atoms with E-state index in [1.165, 1.54) is 0 Å². The predicted octanol–water partition coefficient (Wildman–Crippen LogP) is 2.83. The van der Waals surface area contributed by atoms with Crippen LogP contribution in [0.4, 0.5) is 16.3 Å². The van der Waals surface area contributed by atoms with Crippen molar-refractivity contribution >= 4 is 17.5 Å². The number of methoxy groups -OCH3 is 1. The summed E-state index contributed by atoms with van der Waals surface area (Å²) in [6.07, 6.45) is 0. The molecule has 0 aliphatic rings. The first-order valence-corrected chi connectivity index (χ1v) is 9.27. The van der Waals surface area contributed by atoms with Crippen LogP contribution < -0.4 is 20.7 Å². The summed E-state index contributed by atoms with van der Waals surface area (Å²) in [6.45, 7) is 6.95. The number of aromatic nitrogens is 4. The van der Waals surface area contributed by atoms with E-state index in [1.807, 2.05) is 45.0 Å². The van der Waals surface area contributed by atoms with Crippen LogP contribution in [0.15, 0.2) is 36.4 Å². The Morgan fingerprint density at radius 3 is 2.59 bits per heavy atom. The monoisotopic (exact) mass is 395 g/mol. The van der Waals surface area contributed by atoms with Crippen molar-refractivity contribution in [3.05, 3.63) is 53.3 Å². The van der Waals surface area contributed by atoms with Gasteiger partial charge in [-0.3, -0.25) is 0 Å². The van der Waals surface area contributed by atoms with Crippen LogP contribution in [-0.4, -0.2) is 46.2 Å². The van der Waals surface area contributed by atoms with E-state index in [2.05, 4.69) is 31.2 Å². The zero-order valence-electron chi connectivity index (χ0n) is 17.0. The zero-order valence-corrected chi connectivity index (χ0v) is 17.0. The average Bonchev–Trinajstić information content (AvgIpc) is 2.99. The standard InChI is InChI=1S/C20H25N7O2/c1-13-14(2)26-27(15(13)3)19-9-8-18(24-25-19)21-10-11-22-20(28)23-16-6-5-7-17(12-16)29-4/h5-9,12H,10-11H2,1-4H3,(H,21,24)(H2,22,23,28). The summed E-state index contributed by atoms with van der Waals surface area (Å²) in [5.74, 6) is 1.98. The fourth-order valence-corrected chi connectivity index (χ4v) is 2.72. The highest BCUT2D eigenvalue weighted by molar-refractivity contribution is 5.89. The fraction of sp³-hybridized carbons (Fsp3) is 0.300. The van der Waals surface area contributed by atoms with E-state index in [9.17, 15) is 4.79 Å². The quantitative estimate of drug-likeness (QED) is 0.531. The highest BCUT2D eigenvalue weighted by Gasteiger charge is 2.10. The summed E-state index contributed by atoms with van der Waals surface area (Å²) in [5.41, 5.74) is 3.83. The van der Waals surface area contributed by atoms with E-state index in [0.29, 0.717) is 36.2 Å². The van der Waals surface area contributed by atoms with Gasteiger partial charge in [-0.2, -0.15) is 5.10 Å². The Balaban J connectivity index is 1.45. The number of nitrogens with one attached hydrogen (secondary N) is 3. The predicted molar refractivity (Wildman–Crippen MR) is 112 cm³/mol. The molecule has 0 saturated heterocycles. The summed E-state index contributed by atoms with van der Waals surface area (Å²) >= 11 is 0. The van der Waals surface area contributed by atoms with Crippen molar-refractivity contribution in [3.8, 4) is 11.6 Å². The second-order valence-electron chi connectivity index (χ2n) is 6.52. The van der Waals surface area contributed by atoms with E-state index < -0.39 is 0 Å². The molecule has 1 aromatic carbocycles. The van der Waals surface area contributed by atoms with E-state index in [-0.39, 0.29) is 6.03 Å². The Morgan fingerprint density at radius 1 is 1.10 bits per heavy atom. The van der Waals surface area contributed by atoms with Crippen molar-refractivity contribution in [3.63, 3.8) is 0 Å². The van der Waals surface area contributed by atoms with Crippen LogP contribution in [-0.2, 0) is 0 Å². The number of hydrogen-bond donors (Lipinski definition) is 3. The number of aryl methyl sites for hydroxylation is 1. The molecule has 152 valence electrons. The molecule has 0 radical (unpaired) electrons. The zero-order chi connectivity index (χ0) is 20.8. The Kier molecular flexibility index (Phi) is 6.28. The fourth-order valence-electron chi connectivity index (χ4n) is 2.72. The van der Waals surface area contributed by atoms with Crippen molar-refractivity contribution in [2.75, 3.05) is 30.8 Å². The van der Waals surface area contributed by atoms with E-state index in [1.54, 1.807) is 23.9 Å². The first kappa shape index (κ1) is 20.1. The molecule has 3 rings (SSSR count). The van der Waals surface area contributed by atoms with Gasteiger partial charge in [-0.1, -0.05) is 6.07 Å². The Hall–Kier alpha value is -3.62. The lowest BCUT2D eigenvalue weighted by atomic mass is 10.2. The molecule has 0 aliphatic heterocycles. The third-order valence-corrected chi connectivity index (χ3v) is 4.56. The minimum Gasteiger partial charge on any atom is -0.497 e. The van der Waals surface area contributed by atoms with Crippen LogP contribution in [0.3, 0.4) is 0 Å². The van der Waals surface area contributed by atoms with Crippen LogP contribution in [0.25, 0.3) is 5.82 Å². The number of nitrogens with zero attached hydrogens (tertiary/aromatic N) is 4. The van der Waals surface area contributed by atoms with Crippen molar-refractivity contribution in [1.29, 1.82) is 0 Å². The number of rotatable bonds is 7. The number of benzene rings is 1. The second kappa shape index (κ2) is 9.05. The molecule has 3 N–H and O–H groups in total. The average molecular weight is 395 g/mol. The number of carbonyl (C=O) groups is 1. The SMILES string of the molecule is COc1cccc(NC(=O)NCCNc2ccc(-n3nc(C)c(C)c3C)nn2)c1. The van der Waals surface area contributed by atoms with Crippen LogP contribution in [0, 0.1) is 20.8 Å². The summed E-state index contributed by atoms with van der Waals surface area (Å²) < 4.78 is 6.92. The lowest BCUT2D eigenvalue weighted by Gasteiger charge is -2.10. The van der Waals surface area contributed by atoms with Gasteiger partial charge in [0.2, 0.25) is 0 Å². The number of carbonyl (C=O) groups excluding carboxylic acids is 1. The van der Waals surface area contributed by atoms with Crippen molar-refractivity contribution < 1.29 is 9.53 Å². The maximum Gasteiger partial charge on any atom is 0.319 e. The van der Waals surface area contributed by atoms with Crippen LogP contribution in [0.1, 0.15) is 17.0 Å². The van der Waals surface area contributed by atoms with Gasteiger partial charge < -0.3 is 20.7 Å². The molecule has 0 unspecified atom stereocenters. The molecule has 29 heavy (non-hydrogen) atoms.